The van der Waals surface area contributed by atoms with Crippen molar-refractivity contribution in [3.05, 3.63) is 18.2 Å². The number of rotatable bonds is 5. The van der Waals surface area contributed by atoms with E-state index in [1.807, 2.05) is 6.07 Å². The second kappa shape index (κ2) is 5.89. The van der Waals surface area contributed by atoms with Gasteiger partial charge in [0.25, 0.3) is 0 Å². The Kier molecular flexibility index (Phi) is 4.23. The molecule has 100 valence electrons. The van der Waals surface area contributed by atoms with Crippen molar-refractivity contribution >= 4 is 51.6 Å². The van der Waals surface area contributed by atoms with Crippen LogP contribution in [0.2, 0.25) is 0 Å². The normalized spacial score (nSPS) is 10.5. The molecule has 8 heteroatoms. The molecule has 0 bridgehead atoms. The summed E-state index contributed by atoms with van der Waals surface area (Å²) in [4.78, 5) is 19.2. The Balaban J connectivity index is 1.94. The number of nitrogens with zero attached hydrogens (tertiary/aromatic N) is 1. The Morgan fingerprint density at radius 1 is 1.53 bits per heavy atom. The van der Waals surface area contributed by atoms with Crippen LogP contribution in [0.1, 0.15) is 0 Å². The molecule has 0 aliphatic carbocycles. The van der Waals surface area contributed by atoms with Crippen molar-refractivity contribution in [2.24, 2.45) is 5.73 Å². The zero-order valence-corrected chi connectivity index (χ0v) is 11.6. The summed E-state index contributed by atoms with van der Waals surface area (Å²) >= 11 is 5.98. The molecular formula is C11H13N5OS2. The van der Waals surface area contributed by atoms with Crippen molar-refractivity contribution < 1.29 is 4.79 Å². The lowest BCUT2D eigenvalue weighted by molar-refractivity contribution is -0.118. The van der Waals surface area contributed by atoms with E-state index in [1.165, 1.54) is 11.8 Å². The zero-order valence-electron chi connectivity index (χ0n) is 9.97. The van der Waals surface area contributed by atoms with Gasteiger partial charge in [-0.15, -0.1) is 0 Å². The quantitative estimate of drug-likeness (QED) is 0.366. The van der Waals surface area contributed by atoms with Gasteiger partial charge in [0, 0.05) is 5.69 Å². The van der Waals surface area contributed by atoms with Gasteiger partial charge in [-0.2, -0.15) is 0 Å². The zero-order chi connectivity index (χ0) is 13.8. The Morgan fingerprint density at radius 2 is 2.32 bits per heavy atom. The number of amides is 1. The van der Waals surface area contributed by atoms with E-state index < -0.39 is 0 Å². The fraction of sp³-hybridized carbons (Fsp3) is 0.182. The third-order valence-corrected chi connectivity index (χ3v) is 3.30. The van der Waals surface area contributed by atoms with Gasteiger partial charge in [0.15, 0.2) is 5.16 Å². The molecule has 6 N–H and O–H groups in total. The molecule has 0 spiro atoms. The number of carbonyl (C=O) groups excluding carboxylic acids is 1. The third kappa shape index (κ3) is 3.83. The van der Waals surface area contributed by atoms with Gasteiger partial charge < -0.3 is 21.8 Å². The van der Waals surface area contributed by atoms with E-state index in [4.69, 9.17) is 11.5 Å². The topological polar surface area (TPSA) is 110 Å². The first kappa shape index (κ1) is 13.6. The Morgan fingerprint density at radius 3 is 3.05 bits per heavy atom. The number of aromatic amines is 1. The summed E-state index contributed by atoms with van der Waals surface area (Å²) in [6.45, 7) is 0.214. The number of aromatic nitrogens is 2. The molecule has 0 aliphatic rings. The fourth-order valence-corrected chi connectivity index (χ4v) is 2.23. The number of benzene rings is 1. The van der Waals surface area contributed by atoms with Crippen molar-refractivity contribution in [3.8, 4) is 0 Å². The molecule has 0 aliphatic heterocycles. The molecule has 1 amide bonds. The highest BCUT2D eigenvalue weighted by Crippen LogP contribution is 2.20. The van der Waals surface area contributed by atoms with Crippen LogP contribution in [-0.4, -0.2) is 33.2 Å². The van der Waals surface area contributed by atoms with Gasteiger partial charge in [0.05, 0.1) is 28.3 Å². The van der Waals surface area contributed by atoms with Gasteiger partial charge in [0.1, 0.15) is 0 Å². The number of anilines is 1. The van der Waals surface area contributed by atoms with E-state index in [-0.39, 0.29) is 23.2 Å². The van der Waals surface area contributed by atoms with E-state index in [1.54, 1.807) is 12.1 Å². The van der Waals surface area contributed by atoms with Crippen LogP contribution in [0, 0.1) is 0 Å². The monoisotopic (exact) mass is 295 g/mol. The first-order chi connectivity index (χ1) is 9.04. The fourth-order valence-electron chi connectivity index (χ4n) is 1.44. The first-order valence-corrected chi connectivity index (χ1v) is 6.87. The third-order valence-electron chi connectivity index (χ3n) is 2.28. The maximum Gasteiger partial charge on any atom is 0.230 e. The molecule has 1 aromatic carbocycles. The number of hydrogen-bond donors (Lipinski definition) is 4. The minimum atomic E-state index is -0.141. The van der Waals surface area contributed by atoms with Crippen molar-refractivity contribution in [2.45, 2.75) is 5.16 Å². The Labute approximate surface area is 119 Å². The molecule has 2 rings (SSSR count). The van der Waals surface area contributed by atoms with Crippen molar-refractivity contribution in [1.82, 2.24) is 15.3 Å². The SMILES string of the molecule is NC(=S)CNC(=O)CSc1nc2ccc(N)cc2[nH]1. The molecule has 0 unspecified atom stereocenters. The van der Waals surface area contributed by atoms with Gasteiger partial charge >= 0.3 is 0 Å². The molecule has 19 heavy (non-hydrogen) atoms. The number of H-pyrrole nitrogens is 1. The summed E-state index contributed by atoms with van der Waals surface area (Å²) in [6, 6.07) is 5.42. The van der Waals surface area contributed by atoms with E-state index in [9.17, 15) is 4.79 Å². The van der Waals surface area contributed by atoms with Gasteiger partial charge in [-0.3, -0.25) is 4.79 Å². The summed E-state index contributed by atoms with van der Waals surface area (Å²) in [5.74, 6) is 0.107. The highest BCUT2D eigenvalue weighted by Gasteiger charge is 2.07. The Hall–Kier alpha value is -1.80. The second-order valence-electron chi connectivity index (χ2n) is 3.85. The number of nitrogens with one attached hydrogen (secondary N) is 2. The first-order valence-electron chi connectivity index (χ1n) is 5.47. The highest BCUT2D eigenvalue weighted by atomic mass is 32.2. The van der Waals surface area contributed by atoms with Crippen molar-refractivity contribution in [1.29, 1.82) is 0 Å². The second-order valence-corrected chi connectivity index (χ2v) is 5.34. The number of thioether (sulfide) groups is 1. The Bertz CT molecular complexity index is 625. The summed E-state index contributed by atoms with van der Waals surface area (Å²) in [6.07, 6.45) is 0. The largest absolute Gasteiger partial charge is 0.399 e. The van der Waals surface area contributed by atoms with Gasteiger partial charge in [-0.05, 0) is 18.2 Å². The molecule has 2 aromatic rings. The van der Waals surface area contributed by atoms with Crippen molar-refractivity contribution in [2.75, 3.05) is 18.0 Å². The number of thiocarbonyl (C=S) groups is 1. The average molecular weight is 295 g/mol. The number of imidazole rings is 1. The number of fused-ring (bicyclic) bond motifs is 1. The maximum atomic E-state index is 11.5. The van der Waals surface area contributed by atoms with E-state index in [0.29, 0.717) is 10.8 Å². The molecule has 1 aromatic heterocycles. The van der Waals surface area contributed by atoms with Crippen LogP contribution >= 0.6 is 24.0 Å². The summed E-state index contributed by atoms with van der Waals surface area (Å²) in [5, 5.41) is 3.28. The molecular weight excluding hydrogens is 282 g/mol. The lowest BCUT2D eigenvalue weighted by atomic mass is 10.3. The van der Waals surface area contributed by atoms with Crippen LogP contribution in [0.15, 0.2) is 23.4 Å². The number of nitrogen functional groups attached to an aromatic ring is 1. The molecule has 0 saturated carbocycles. The van der Waals surface area contributed by atoms with Crippen LogP contribution in [0.25, 0.3) is 11.0 Å². The average Bonchev–Trinajstić information content (AvgIpc) is 2.75. The molecule has 0 fully saturated rings. The molecule has 0 saturated heterocycles. The van der Waals surface area contributed by atoms with Gasteiger partial charge in [-0.25, -0.2) is 4.98 Å². The number of carbonyl (C=O) groups is 1. The van der Waals surface area contributed by atoms with E-state index in [2.05, 4.69) is 27.5 Å². The standard InChI is InChI=1S/C11H13N5OS2/c12-6-1-2-7-8(3-6)16-11(15-7)19-5-10(17)14-4-9(13)18/h1-3H,4-5,12H2,(H2,13,18)(H,14,17)(H,15,16). The predicted octanol–water partition coefficient (Wildman–Crippen LogP) is 0.639. The summed E-state index contributed by atoms with van der Waals surface area (Å²) < 4.78 is 0. The van der Waals surface area contributed by atoms with Gasteiger partial charge in [-0.1, -0.05) is 24.0 Å². The highest BCUT2D eigenvalue weighted by molar-refractivity contribution is 7.99. The summed E-state index contributed by atoms with van der Waals surface area (Å²) in [7, 11) is 0. The lowest BCUT2D eigenvalue weighted by Gasteiger charge is -2.01. The molecule has 6 nitrogen and oxygen atoms in total. The molecule has 0 atom stereocenters. The van der Waals surface area contributed by atoms with Crippen LogP contribution in [0.5, 0.6) is 0 Å². The van der Waals surface area contributed by atoms with Crippen LogP contribution in [0.4, 0.5) is 5.69 Å². The lowest BCUT2D eigenvalue weighted by Crippen LogP contribution is -2.33. The number of hydrogen-bond acceptors (Lipinski definition) is 5. The predicted molar refractivity (Wildman–Crippen MR) is 81.0 cm³/mol. The summed E-state index contributed by atoms with van der Waals surface area (Å²) in [5.41, 5.74) is 13.3. The minimum absolute atomic E-state index is 0.141. The maximum absolute atomic E-state index is 11.5. The van der Waals surface area contributed by atoms with Crippen LogP contribution in [-0.2, 0) is 4.79 Å². The number of nitrogens with two attached hydrogens (primary N) is 2. The molecule has 1 heterocycles. The smallest absolute Gasteiger partial charge is 0.230 e. The van der Waals surface area contributed by atoms with Gasteiger partial charge in [0.2, 0.25) is 5.91 Å². The van der Waals surface area contributed by atoms with Crippen LogP contribution in [0.3, 0.4) is 0 Å². The molecule has 0 radical (unpaired) electrons. The van der Waals surface area contributed by atoms with E-state index >= 15 is 0 Å². The van der Waals surface area contributed by atoms with Crippen LogP contribution < -0.4 is 16.8 Å². The van der Waals surface area contributed by atoms with E-state index in [0.717, 1.165) is 11.0 Å². The minimum Gasteiger partial charge on any atom is -0.399 e. The van der Waals surface area contributed by atoms with Crippen molar-refractivity contribution in [3.63, 3.8) is 0 Å².